The SMILES string of the molecule is COc1ccc2nc(N(CCN(C)C)C(=O)c3ccc(Cl)s3)sc2c1.Cl. The van der Waals surface area contributed by atoms with Crippen molar-refractivity contribution in [1.82, 2.24) is 9.88 Å². The average molecular weight is 432 g/mol. The topological polar surface area (TPSA) is 45.7 Å². The number of likely N-dealkylation sites (N-methyl/N-ethyl adjacent to an activating group) is 1. The molecule has 5 nitrogen and oxygen atoms in total. The van der Waals surface area contributed by atoms with E-state index in [4.69, 9.17) is 16.3 Å². The lowest BCUT2D eigenvalue weighted by Crippen LogP contribution is -2.36. The van der Waals surface area contributed by atoms with Crippen molar-refractivity contribution in [2.75, 3.05) is 39.2 Å². The van der Waals surface area contributed by atoms with Crippen LogP contribution in [0.5, 0.6) is 5.75 Å². The number of thiazole rings is 1. The van der Waals surface area contributed by atoms with Gasteiger partial charge in [0.05, 0.1) is 26.5 Å². The van der Waals surface area contributed by atoms with Crippen LogP contribution in [0.25, 0.3) is 10.2 Å². The van der Waals surface area contributed by atoms with Gasteiger partial charge in [0.25, 0.3) is 5.91 Å². The summed E-state index contributed by atoms with van der Waals surface area (Å²) in [7, 11) is 5.60. The van der Waals surface area contributed by atoms with Gasteiger partial charge in [0.15, 0.2) is 5.13 Å². The Balaban J connectivity index is 0.00000243. The molecular weight excluding hydrogens is 413 g/mol. The molecule has 0 bridgehead atoms. The second kappa shape index (κ2) is 9.01. The second-order valence-corrected chi connectivity index (χ2v) is 8.42. The van der Waals surface area contributed by atoms with E-state index in [1.807, 2.05) is 37.2 Å². The molecule has 3 aromatic rings. The van der Waals surface area contributed by atoms with Crippen LogP contribution in [-0.4, -0.2) is 50.1 Å². The first-order chi connectivity index (χ1) is 12.0. The first-order valence-corrected chi connectivity index (χ1v) is 9.65. The molecule has 0 radical (unpaired) electrons. The number of thiophene rings is 1. The minimum absolute atomic E-state index is 0. The van der Waals surface area contributed by atoms with Crippen LogP contribution < -0.4 is 9.64 Å². The monoisotopic (exact) mass is 431 g/mol. The molecule has 1 amide bonds. The average Bonchev–Trinajstić information content (AvgIpc) is 3.19. The van der Waals surface area contributed by atoms with Gasteiger partial charge < -0.3 is 9.64 Å². The number of rotatable bonds is 6. The molecule has 0 saturated heterocycles. The quantitative estimate of drug-likeness (QED) is 0.569. The standard InChI is InChI=1S/C17H18ClN3O2S2.ClH/c1-20(2)8-9-21(16(22)13-6-7-15(18)24-13)17-19-12-5-4-11(23-3)10-14(12)25-17;/h4-7,10H,8-9H2,1-3H3;1H. The van der Waals surface area contributed by atoms with E-state index in [2.05, 4.69) is 4.98 Å². The molecule has 0 fully saturated rings. The zero-order valence-electron chi connectivity index (χ0n) is 14.6. The van der Waals surface area contributed by atoms with Crippen LogP contribution in [0.15, 0.2) is 30.3 Å². The predicted octanol–water partition coefficient (Wildman–Crippen LogP) is 4.65. The van der Waals surface area contributed by atoms with E-state index in [0.29, 0.717) is 20.9 Å². The van der Waals surface area contributed by atoms with Crippen molar-refractivity contribution in [3.8, 4) is 5.75 Å². The molecule has 1 aromatic carbocycles. The number of carbonyl (C=O) groups excluding carboxylic acids is 1. The summed E-state index contributed by atoms with van der Waals surface area (Å²) < 4.78 is 6.86. The molecule has 0 unspecified atom stereocenters. The summed E-state index contributed by atoms with van der Waals surface area (Å²) in [6.07, 6.45) is 0. The second-order valence-electron chi connectivity index (χ2n) is 5.69. The Morgan fingerprint density at radius 2 is 1.96 bits per heavy atom. The van der Waals surface area contributed by atoms with Crippen LogP contribution in [0.1, 0.15) is 9.67 Å². The van der Waals surface area contributed by atoms with E-state index >= 15 is 0 Å². The van der Waals surface area contributed by atoms with Gasteiger partial charge in [-0.2, -0.15) is 0 Å². The molecular formula is C17H19Cl2N3O2S2. The molecule has 9 heteroatoms. The molecule has 0 saturated carbocycles. The summed E-state index contributed by atoms with van der Waals surface area (Å²) in [4.78, 5) is 22.0. The summed E-state index contributed by atoms with van der Waals surface area (Å²) in [6, 6.07) is 9.22. The normalized spacial score (nSPS) is 10.8. The third kappa shape index (κ3) is 4.66. The fraction of sp³-hybridized carbons (Fsp3) is 0.294. The number of amides is 1. The number of hydrogen-bond donors (Lipinski definition) is 0. The lowest BCUT2D eigenvalue weighted by atomic mass is 10.3. The van der Waals surface area contributed by atoms with Crippen LogP contribution in [0.4, 0.5) is 5.13 Å². The highest BCUT2D eigenvalue weighted by atomic mass is 35.5. The van der Waals surface area contributed by atoms with Crippen molar-refractivity contribution in [3.63, 3.8) is 0 Å². The molecule has 0 aliphatic rings. The highest BCUT2D eigenvalue weighted by Crippen LogP contribution is 2.33. The van der Waals surface area contributed by atoms with Gasteiger partial charge in [0.1, 0.15) is 5.75 Å². The van der Waals surface area contributed by atoms with Crippen LogP contribution in [-0.2, 0) is 0 Å². The van der Waals surface area contributed by atoms with Crippen molar-refractivity contribution in [2.45, 2.75) is 0 Å². The van der Waals surface area contributed by atoms with Gasteiger partial charge in [-0.3, -0.25) is 9.69 Å². The van der Waals surface area contributed by atoms with Crippen LogP contribution >= 0.6 is 46.7 Å². The van der Waals surface area contributed by atoms with E-state index in [1.165, 1.54) is 22.7 Å². The van der Waals surface area contributed by atoms with Crippen LogP contribution in [0.3, 0.4) is 0 Å². The van der Waals surface area contributed by atoms with Crippen molar-refractivity contribution in [1.29, 1.82) is 0 Å². The third-order valence-electron chi connectivity index (χ3n) is 3.62. The van der Waals surface area contributed by atoms with Crippen LogP contribution in [0.2, 0.25) is 4.34 Å². The number of hydrogen-bond acceptors (Lipinski definition) is 6. The summed E-state index contributed by atoms with van der Waals surface area (Å²) in [5, 5.41) is 0.680. The van der Waals surface area contributed by atoms with Crippen LogP contribution in [0, 0.1) is 0 Å². The maximum absolute atomic E-state index is 13.0. The Hall–Kier alpha value is -1.38. The van der Waals surface area contributed by atoms with Gasteiger partial charge in [0.2, 0.25) is 0 Å². The number of fused-ring (bicyclic) bond motifs is 1. The molecule has 3 rings (SSSR count). The predicted molar refractivity (Wildman–Crippen MR) is 113 cm³/mol. The Morgan fingerprint density at radius 3 is 2.58 bits per heavy atom. The fourth-order valence-electron chi connectivity index (χ4n) is 2.28. The van der Waals surface area contributed by atoms with E-state index in [1.54, 1.807) is 24.1 Å². The zero-order valence-corrected chi connectivity index (χ0v) is 17.8. The number of aromatic nitrogens is 1. The Morgan fingerprint density at radius 1 is 1.19 bits per heavy atom. The van der Waals surface area contributed by atoms with Crippen molar-refractivity contribution in [2.24, 2.45) is 0 Å². The molecule has 26 heavy (non-hydrogen) atoms. The zero-order chi connectivity index (χ0) is 18.0. The maximum atomic E-state index is 13.0. The summed E-state index contributed by atoms with van der Waals surface area (Å²) in [6.45, 7) is 1.29. The van der Waals surface area contributed by atoms with E-state index in [9.17, 15) is 4.79 Å². The minimum Gasteiger partial charge on any atom is -0.497 e. The number of benzene rings is 1. The van der Waals surface area contributed by atoms with Gasteiger partial charge in [0, 0.05) is 13.1 Å². The van der Waals surface area contributed by atoms with E-state index in [-0.39, 0.29) is 18.3 Å². The number of nitrogens with zero attached hydrogens (tertiary/aromatic N) is 3. The van der Waals surface area contributed by atoms with Gasteiger partial charge >= 0.3 is 0 Å². The fourth-order valence-corrected chi connectivity index (χ4v) is 4.29. The number of carbonyl (C=O) groups is 1. The molecule has 140 valence electrons. The smallest absolute Gasteiger partial charge is 0.270 e. The van der Waals surface area contributed by atoms with Gasteiger partial charge in [-0.25, -0.2) is 4.98 Å². The summed E-state index contributed by atoms with van der Waals surface area (Å²) in [5.74, 6) is 0.698. The van der Waals surface area contributed by atoms with E-state index in [0.717, 1.165) is 22.5 Å². The largest absolute Gasteiger partial charge is 0.497 e. The van der Waals surface area contributed by atoms with E-state index < -0.39 is 0 Å². The highest BCUT2D eigenvalue weighted by Gasteiger charge is 2.22. The first-order valence-electron chi connectivity index (χ1n) is 7.64. The Labute approximate surface area is 171 Å². The molecule has 0 aliphatic heterocycles. The highest BCUT2D eigenvalue weighted by molar-refractivity contribution is 7.22. The molecule has 0 aliphatic carbocycles. The van der Waals surface area contributed by atoms with Gasteiger partial charge in [-0.1, -0.05) is 22.9 Å². The third-order valence-corrected chi connectivity index (χ3v) is 5.88. The number of ether oxygens (including phenoxy) is 1. The molecule has 0 atom stereocenters. The lowest BCUT2D eigenvalue weighted by Gasteiger charge is -2.21. The molecule has 0 spiro atoms. The Bertz CT molecular complexity index is 895. The molecule has 2 heterocycles. The number of halogens is 2. The lowest BCUT2D eigenvalue weighted by molar-refractivity contribution is 0.0989. The molecule has 2 aromatic heterocycles. The van der Waals surface area contributed by atoms with Crippen molar-refractivity contribution < 1.29 is 9.53 Å². The van der Waals surface area contributed by atoms with Gasteiger partial charge in [-0.15, -0.1) is 23.7 Å². The van der Waals surface area contributed by atoms with Crippen molar-refractivity contribution in [3.05, 3.63) is 39.5 Å². The van der Waals surface area contributed by atoms with Gasteiger partial charge in [-0.05, 0) is 44.4 Å². The minimum atomic E-state index is -0.0789. The molecule has 0 N–H and O–H groups in total. The maximum Gasteiger partial charge on any atom is 0.270 e. The summed E-state index contributed by atoms with van der Waals surface area (Å²) in [5.41, 5.74) is 0.854. The Kier molecular flexibility index (Phi) is 7.25. The van der Waals surface area contributed by atoms with Crippen molar-refractivity contribution >= 4 is 67.9 Å². The summed E-state index contributed by atoms with van der Waals surface area (Å²) >= 11 is 8.76. The number of methoxy groups -OCH3 is 1. The first kappa shape index (κ1) is 20.9. The number of anilines is 1.